The molecule has 0 saturated heterocycles. The summed E-state index contributed by atoms with van der Waals surface area (Å²) in [4.78, 5) is 12.4. The van der Waals surface area contributed by atoms with E-state index in [2.05, 4.69) is 5.32 Å². The van der Waals surface area contributed by atoms with Gasteiger partial charge >= 0.3 is 0 Å². The highest BCUT2D eigenvalue weighted by Crippen LogP contribution is 2.35. The number of fused-ring (bicyclic) bond motifs is 1. The highest BCUT2D eigenvalue weighted by Gasteiger charge is 2.34. The minimum Gasteiger partial charge on any atom is -0.322 e. The molecule has 0 aromatic heterocycles. The van der Waals surface area contributed by atoms with E-state index in [0.29, 0.717) is 23.4 Å². The van der Waals surface area contributed by atoms with Crippen LogP contribution in [-0.2, 0) is 16.4 Å². The minimum absolute atomic E-state index is 0.0313. The second-order valence-electron chi connectivity index (χ2n) is 6.05. The molecule has 0 unspecified atom stereocenters. The molecule has 7 heteroatoms. The summed E-state index contributed by atoms with van der Waals surface area (Å²) in [6, 6.07) is 10.3. The first kappa shape index (κ1) is 17.4. The molecule has 2 aromatic carbocycles. The molecule has 1 amide bonds. The number of carbonyl (C=O) groups excluding carboxylic acids is 1. The van der Waals surface area contributed by atoms with Crippen molar-refractivity contribution in [1.29, 1.82) is 0 Å². The Morgan fingerprint density at radius 3 is 2.56 bits per heavy atom. The predicted molar refractivity (Wildman–Crippen MR) is 95.9 cm³/mol. The smallest absolute Gasteiger partial charge is 0.255 e. The SMILES string of the molecule is CCS(=O)(=O)N1c2ccc(C(=O)Nc3ccc(F)cc3)cc2C[C@@H]1C. The molecule has 0 aliphatic carbocycles. The number of hydrogen-bond acceptors (Lipinski definition) is 3. The zero-order valence-electron chi connectivity index (χ0n) is 14.0. The molecule has 5 nitrogen and oxygen atoms in total. The van der Waals surface area contributed by atoms with Gasteiger partial charge in [0.1, 0.15) is 5.82 Å². The zero-order chi connectivity index (χ0) is 18.2. The number of sulfonamides is 1. The average Bonchev–Trinajstić information content (AvgIpc) is 2.92. The fourth-order valence-corrected chi connectivity index (χ4v) is 4.42. The lowest BCUT2D eigenvalue weighted by atomic mass is 10.1. The van der Waals surface area contributed by atoms with Crippen molar-refractivity contribution in [2.24, 2.45) is 0 Å². The first-order valence-corrected chi connectivity index (χ1v) is 9.64. The van der Waals surface area contributed by atoms with E-state index >= 15 is 0 Å². The Balaban J connectivity index is 1.86. The topological polar surface area (TPSA) is 66.5 Å². The van der Waals surface area contributed by atoms with Crippen LogP contribution in [-0.4, -0.2) is 26.1 Å². The Bertz CT molecular complexity index is 910. The standard InChI is InChI=1S/C18H19FN2O3S/c1-3-25(23,24)21-12(2)10-14-11-13(4-9-17(14)21)18(22)20-16-7-5-15(19)6-8-16/h4-9,11-12H,3,10H2,1-2H3,(H,20,22)/t12-/m0/s1. The first-order valence-electron chi connectivity index (χ1n) is 8.04. The van der Waals surface area contributed by atoms with Gasteiger partial charge in [0, 0.05) is 17.3 Å². The number of anilines is 2. The summed E-state index contributed by atoms with van der Waals surface area (Å²) in [5, 5.41) is 2.70. The van der Waals surface area contributed by atoms with E-state index in [9.17, 15) is 17.6 Å². The van der Waals surface area contributed by atoms with Crippen molar-refractivity contribution >= 4 is 27.3 Å². The van der Waals surface area contributed by atoms with Crippen LogP contribution in [0.15, 0.2) is 42.5 Å². The Kier molecular flexibility index (Phi) is 4.51. The predicted octanol–water partition coefficient (Wildman–Crippen LogP) is 3.18. The van der Waals surface area contributed by atoms with Gasteiger partial charge in [-0.2, -0.15) is 0 Å². The number of nitrogens with one attached hydrogen (secondary N) is 1. The van der Waals surface area contributed by atoms with Gasteiger partial charge in [0.05, 0.1) is 11.4 Å². The van der Waals surface area contributed by atoms with Crippen molar-refractivity contribution in [3.63, 3.8) is 0 Å². The zero-order valence-corrected chi connectivity index (χ0v) is 14.8. The van der Waals surface area contributed by atoms with Crippen LogP contribution in [0.3, 0.4) is 0 Å². The van der Waals surface area contributed by atoms with E-state index in [1.165, 1.54) is 28.6 Å². The van der Waals surface area contributed by atoms with Crippen LogP contribution in [0.2, 0.25) is 0 Å². The lowest BCUT2D eigenvalue weighted by Crippen LogP contribution is -2.36. The lowest BCUT2D eigenvalue weighted by Gasteiger charge is -2.23. The molecule has 0 bridgehead atoms. The summed E-state index contributed by atoms with van der Waals surface area (Å²) in [5.41, 5.74) is 2.39. The molecule has 1 aliphatic rings. The lowest BCUT2D eigenvalue weighted by molar-refractivity contribution is 0.102. The average molecular weight is 362 g/mol. The van der Waals surface area contributed by atoms with Gasteiger partial charge in [0.2, 0.25) is 10.0 Å². The van der Waals surface area contributed by atoms with E-state index in [4.69, 9.17) is 0 Å². The van der Waals surface area contributed by atoms with Crippen LogP contribution in [0, 0.1) is 5.82 Å². The van der Waals surface area contributed by atoms with Crippen molar-refractivity contribution in [1.82, 2.24) is 0 Å². The molecule has 1 heterocycles. The Morgan fingerprint density at radius 2 is 1.92 bits per heavy atom. The van der Waals surface area contributed by atoms with Gasteiger partial charge in [0.15, 0.2) is 0 Å². The summed E-state index contributed by atoms with van der Waals surface area (Å²) in [6.07, 6.45) is 0.562. The molecule has 0 fully saturated rings. The number of carbonyl (C=O) groups is 1. The van der Waals surface area contributed by atoms with Crippen molar-refractivity contribution in [2.75, 3.05) is 15.4 Å². The fourth-order valence-electron chi connectivity index (χ4n) is 3.04. The van der Waals surface area contributed by atoms with Crippen molar-refractivity contribution in [3.8, 4) is 0 Å². The van der Waals surface area contributed by atoms with Crippen molar-refractivity contribution < 1.29 is 17.6 Å². The molecule has 132 valence electrons. The summed E-state index contributed by atoms with van der Waals surface area (Å²) >= 11 is 0. The highest BCUT2D eigenvalue weighted by molar-refractivity contribution is 7.92. The monoisotopic (exact) mass is 362 g/mol. The van der Waals surface area contributed by atoms with Gasteiger partial charge in [-0.1, -0.05) is 0 Å². The summed E-state index contributed by atoms with van der Waals surface area (Å²) in [7, 11) is -3.35. The number of halogens is 1. The third kappa shape index (κ3) is 3.37. The van der Waals surface area contributed by atoms with Crippen molar-refractivity contribution in [2.45, 2.75) is 26.3 Å². The fraction of sp³-hybridized carbons (Fsp3) is 0.278. The van der Waals surface area contributed by atoms with Crippen molar-refractivity contribution in [3.05, 3.63) is 59.4 Å². The third-order valence-corrected chi connectivity index (χ3v) is 6.15. The molecule has 3 rings (SSSR count). The molecule has 2 aromatic rings. The minimum atomic E-state index is -3.35. The largest absolute Gasteiger partial charge is 0.322 e. The maximum absolute atomic E-state index is 12.9. The van der Waals surface area contributed by atoms with E-state index in [1.54, 1.807) is 25.1 Å². The number of hydrogen-bond donors (Lipinski definition) is 1. The highest BCUT2D eigenvalue weighted by atomic mass is 32.2. The second-order valence-corrected chi connectivity index (χ2v) is 8.19. The maximum atomic E-state index is 12.9. The summed E-state index contributed by atoms with van der Waals surface area (Å²) in [5.74, 6) is -0.663. The van der Waals surface area contributed by atoms with Crippen LogP contribution in [0.5, 0.6) is 0 Å². The van der Waals surface area contributed by atoms with Crippen LogP contribution in [0.25, 0.3) is 0 Å². The molecule has 0 radical (unpaired) electrons. The summed E-state index contributed by atoms with van der Waals surface area (Å²) in [6.45, 7) is 3.47. The number of nitrogens with zero attached hydrogens (tertiary/aromatic N) is 1. The Morgan fingerprint density at radius 1 is 1.24 bits per heavy atom. The first-order chi connectivity index (χ1) is 11.8. The molecule has 1 N–H and O–H groups in total. The van der Waals surface area contributed by atoms with E-state index in [0.717, 1.165) is 5.56 Å². The van der Waals surface area contributed by atoms with Gasteiger partial charge in [-0.25, -0.2) is 12.8 Å². The molecular formula is C18H19FN2O3S. The molecule has 25 heavy (non-hydrogen) atoms. The number of benzene rings is 2. The second kappa shape index (κ2) is 6.48. The Labute approximate surface area is 146 Å². The third-order valence-electron chi connectivity index (χ3n) is 4.26. The quantitative estimate of drug-likeness (QED) is 0.908. The van der Waals surface area contributed by atoms with Gasteiger partial charge in [-0.05, 0) is 68.3 Å². The van der Waals surface area contributed by atoms with E-state index < -0.39 is 10.0 Å². The number of amides is 1. The molecule has 0 spiro atoms. The van der Waals surface area contributed by atoms with Crippen LogP contribution < -0.4 is 9.62 Å². The maximum Gasteiger partial charge on any atom is 0.255 e. The van der Waals surface area contributed by atoms with E-state index in [-0.39, 0.29) is 23.5 Å². The number of rotatable bonds is 4. The van der Waals surface area contributed by atoms with E-state index in [1.807, 2.05) is 6.92 Å². The van der Waals surface area contributed by atoms with Gasteiger partial charge in [-0.15, -0.1) is 0 Å². The van der Waals surface area contributed by atoms with Gasteiger partial charge < -0.3 is 5.32 Å². The normalized spacial score (nSPS) is 16.6. The molecular weight excluding hydrogens is 343 g/mol. The van der Waals surface area contributed by atoms with Crippen LogP contribution in [0.4, 0.5) is 15.8 Å². The van der Waals surface area contributed by atoms with Gasteiger partial charge in [0.25, 0.3) is 5.91 Å². The molecule has 0 saturated carbocycles. The summed E-state index contributed by atoms with van der Waals surface area (Å²) < 4.78 is 38.9. The Hall–Kier alpha value is -2.41. The van der Waals surface area contributed by atoms with Crippen LogP contribution in [0.1, 0.15) is 29.8 Å². The van der Waals surface area contributed by atoms with Crippen LogP contribution >= 0.6 is 0 Å². The van der Waals surface area contributed by atoms with Gasteiger partial charge in [-0.3, -0.25) is 9.10 Å². The molecule has 1 aliphatic heterocycles. The molecule has 1 atom stereocenters.